The van der Waals surface area contributed by atoms with Crippen LogP contribution < -0.4 is 10.6 Å². The molecule has 0 bridgehead atoms. The number of hydrogen-bond acceptors (Lipinski definition) is 6. The molecule has 5 rings (SSSR count). The van der Waals surface area contributed by atoms with E-state index in [2.05, 4.69) is 20.7 Å². The molecular formula is C31H32N6O3. The number of aryl methyl sites for hydroxylation is 1. The van der Waals surface area contributed by atoms with Crippen LogP contribution in [0.15, 0.2) is 91.3 Å². The number of urea groups is 1. The molecule has 3 heterocycles. The van der Waals surface area contributed by atoms with Gasteiger partial charge in [0.2, 0.25) is 0 Å². The molecule has 2 aromatic carbocycles. The summed E-state index contributed by atoms with van der Waals surface area (Å²) in [5.41, 5.74) is 5.33. The van der Waals surface area contributed by atoms with Gasteiger partial charge in [-0.1, -0.05) is 60.7 Å². The Kier molecular flexibility index (Phi) is 8.75. The Hall–Kier alpha value is -4.60. The number of ether oxygens (including phenoxy) is 2. The van der Waals surface area contributed by atoms with E-state index in [1.54, 1.807) is 12.4 Å². The summed E-state index contributed by atoms with van der Waals surface area (Å²) in [6.07, 6.45) is 3.51. The molecule has 0 saturated heterocycles. The topological polar surface area (TPSA) is 103 Å². The van der Waals surface area contributed by atoms with E-state index in [0.717, 1.165) is 33.4 Å². The van der Waals surface area contributed by atoms with Crippen LogP contribution in [0.5, 0.6) is 0 Å². The van der Waals surface area contributed by atoms with E-state index in [4.69, 9.17) is 14.5 Å². The van der Waals surface area contributed by atoms with Crippen molar-refractivity contribution in [2.45, 2.75) is 33.1 Å². The number of carbonyl (C=O) groups is 1. The zero-order valence-electron chi connectivity index (χ0n) is 22.6. The predicted molar refractivity (Wildman–Crippen MR) is 154 cm³/mol. The number of rotatable bonds is 11. The summed E-state index contributed by atoms with van der Waals surface area (Å²) in [5.74, 6) is 0.412. The molecule has 0 aliphatic carbocycles. The van der Waals surface area contributed by atoms with Crippen molar-refractivity contribution < 1.29 is 14.3 Å². The lowest BCUT2D eigenvalue weighted by atomic mass is 10.1. The van der Waals surface area contributed by atoms with Gasteiger partial charge in [0.05, 0.1) is 55.6 Å². The zero-order valence-corrected chi connectivity index (χ0v) is 22.6. The molecular weight excluding hydrogens is 504 g/mol. The van der Waals surface area contributed by atoms with Crippen LogP contribution in [0.25, 0.3) is 16.6 Å². The molecule has 9 nitrogen and oxygen atoms in total. The molecule has 1 atom stereocenters. The van der Waals surface area contributed by atoms with E-state index in [-0.39, 0.29) is 18.7 Å². The minimum Gasteiger partial charge on any atom is -0.374 e. The summed E-state index contributed by atoms with van der Waals surface area (Å²) in [4.78, 5) is 21.9. The van der Waals surface area contributed by atoms with Gasteiger partial charge in [-0.25, -0.2) is 14.5 Å². The van der Waals surface area contributed by atoms with Crippen LogP contribution in [0, 0.1) is 6.92 Å². The second-order valence-corrected chi connectivity index (χ2v) is 9.43. The number of aromatic nitrogens is 4. The van der Waals surface area contributed by atoms with Crippen molar-refractivity contribution in [3.63, 3.8) is 0 Å². The number of nitrogens with zero attached hydrogens (tertiary/aromatic N) is 4. The highest BCUT2D eigenvalue weighted by atomic mass is 16.5. The third-order valence-corrected chi connectivity index (χ3v) is 6.35. The largest absolute Gasteiger partial charge is 0.374 e. The first-order valence-corrected chi connectivity index (χ1v) is 13.2. The van der Waals surface area contributed by atoms with Crippen LogP contribution in [-0.2, 0) is 22.7 Å². The van der Waals surface area contributed by atoms with Gasteiger partial charge in [0.15, 0.2) is 0 Å². The smallest absolute Gasteiger partial charge is 0.320 e. The SMILES string of the molecule is Cc1cc(-n2ncc3cc(NC(=O)N[C@H](C)c4ccccc4)nc(COCCOCc4ccccc4)c32)ccn1. The number of amides is 2. The normalized spacial score (nSPS) is 11.8. The van der Waals surface area contributed by atoms with Crippen LogP contribution >= 0.6 is 0 Å². The number of benzene rings is 2. The maximum absolute atomic E-state index is 12.8. The number of pyridine rings is 2. The Balaban J connectivity index is 1.31. The van der Waals surface area contributed by atoms with Gasteiger partial charge in [0, 0.05) is 17.3 Å². The zero-order chi connectivity index (χ0) is 27.7. The molecule has 2 amide bonds. The van der Waals surface area contributed by atoms with Crippen molar-refractivity contribution in [1.82, 2.24) is 25.1 Å². The first-order valence-electron chi connectivity index (χ1n) is 13.2. The lowest BCUT2D eigenvalue weighted by Gasteiger charge is -2.15. The summed E-state index contributed by atoms with van der Waals surface area (Å²) >= 11 is 0. The summed E-state index contributed by atoms with van der Waals surface area (Å²) in [6, 6.07) is 25.0. The molecule has 0 unspecified atom stereocenters. The Morgan fingerprint density at radius 2 is 1.68 bits per heavy atom. The van der Waals surface area contributed by atoms with Gasteiger partial charge in [0.1, 0.15) is 5.82 Å². The monoisotopic (exact) mass is 536 g/mol. The van der Waals surface area contributed by atoms with Gasteiger partial charge in [-0.2, -0.15) is 5.10 Å². The quantitative estimate of drug-likeness (QED) is 0.209. The van der Waals surface area contributed by atoms with Gasteiger partial charge in [-0.3, -0.25) is 10.3 Å². The molecule has 0 saturated carbocycles. The van der Waals surface area contributed by atoms with Crippen LogP contribution in [0.3, 0.4) is 0 Å². The first kappa shape index (κ1) is 27.0. The van der Waals surface area contributed by atoms with E-state index in [9.17, 15) is 4.79 Å². The van der Waals surface area contributed by atoms with Crippen LogP contribution in [0.1, 0.15) is 35.5 Å². The minimum absolute atomic E-state index is 0.165. The number of nitrogens with one attached hydrogen (secondary N) is 2. The number of fused-ring (bicyclic) bond motifs is 1. The molecule has 5 aromatic rings. The molecule has 40 heavy (non-hydrogen) atoms. The highest BCUT2D eigenvalue weighted by Crippen LogP contribution is 2.25. The van der Waals surface area contributed by atoms with Crippen LogP contribution in [0.2, 0.25) is 0 Å². The molecule has 2 N–H and O–H groups in total. The van der Waals surface area contributed by atoms with Gasteiger partial charge in [-0.15, -0.1) is 0 Å². The Bertz CT molecular complexity index is 1560. The molecule has 0 aliphatic rings. The fraction of sp³-hybridized carbons (Fsp3) is 0.226. The van der Waals surface area contributed by atoms with E-state index in [0.29, 0.717) is 31.3 Å². The molecule has 3 aromatic heterocycles. The van der Waals surface area contributed by atoms with Gasteiger partial charge >= 0.3 is 6.03 Å². The van der Waals surface area contributed by atoms with Crippen molar-refractivity contribution >= 4 is 22.8 Å². The van der Waals surface area contributed by atoms with E-state index < -0.39 is 0 Å². The molecule has 0 spiro atoms. The lowest BCUT2D eigenvalue weighted by molar-refractivity contribution is 0.0332. The van der Waals surface area contributed by atoms with E-state index in [1.165, 1.54) is 0 Å². The number of hydrogen-bond donors (Lipinski definition) is 2. The van der Waals surface area contributed by atoms with Crippen molar-refractivity contribution in [2.75, 3.05) is 18.5 Å². The molecule has 9 heteroatoms. The Labute approximate surface area is 233 Å². The van der Waals surface area contributed by atoms with E-state index in [1.807, 2.05) is 97.4 Å². The van der Waals surface area contributed by atoms with Crippen LogP contribution in [0.4, 0.5) is 10.6 Å². The van der Waals surface area contributed by atoms with Crippen molar-refractivity contribution in [1.29, 1.82) is 0 Å². The Morgan fingerprint density at radius 3 is 2.42 bits per heavy atom. The molecule has 204 valence electrons. The van der Waals surface area contributed by atoms with Gasteiger partial charge in [0.25, 0.3) is 0 Å². The fourth-order valence-electron chi connectivity index (χ4n) is 4.38. The second-order valence-electron chi connectivity index (χ2n) is 9.43. The number of anilines is 1. The van der Waals surface area contributed by atoms with Gasteiger partial charge in [-0.05, 0) is 43.2 Å². The summed E-state index contributed by atoms with van der Waals surface area (Å²) < 4.78 is 13.5. The summed E-state index contributed by atoms with van der Waals surface area (Å²) in [7, 11) is 0. The van der Waals surface area contributed by atoms with Crippen molar-refractivity contribution in [2.24, 2.45) is 0 Å². The summed E-state index contributed by atoms with van der Waals surface area (Å²) in [6.45, 7) is 5.45. The minimum atomic E-state index is -0.346. The van der Waals surface area contributed by atoms with Gasteiger partial charge < -0.3 is 14.8 Å². The molecule has 0 fully saturated rings. The average Bonchev–Trinajstić information content (AvgIpc) is 3.40. The van der Waals surface area contributed by atoms with Crippen molar-refractivity contribution in [3.8, 4) is 5.69 Å². The standard InChI is InChI=1S/C31H32N6O3/c1-22-17-27(13-14-32-22)37-30-26(19-33-37)18-29(36-31(38)34-23(2)25-11-7-4-8-12-25)35-28(30)21-40-16-15-39-20-24-9-5-3-6-10-24/h3-14,17-19,23H,15-16,20-21H2,1-2H3,(H2,34,35,36,38)/t23-/m1/s1. The predicted octanol–water partition coefficient (Wildman–Crippen LogP) is 5.74. The summed E-state index contributed by atoms with van der Waals surface area (Å²) in [5, 5.41) is 11.3. The molecule has 0 radical (unpaired) electrons. The second kappa shape index (κ2) is 13.0. The third-order valence-electron chi connectivity index (χ3n) is 6.35. The Morgan fingerprint density at radius 1 is 0.950 bits per heavy atom. The van der Waals surface area contributed by atoms with Crippen molar-refractivity contribution in [3.05, 3.63) is 114 Å². The fourth-order valence-corrected chi connectivity index (χ4v) is 4.38. The number of carbonyl (C=O) groups excluding carboxylic acids is 1. The maximum atomic E-state index is 12.8. The lowest BCUT2D eigenvalue weighted by Crippen LogP contribution is -2.31. The van der Waals surface area contributed by atoms with E-state index >= 15 is 0 Å². The first-order chi connectivity index (χ1) is 19.6. The maximum Gasteiger partial charge on any atom is 0.320 e. The van der Waals surface area contributed by atoms with Crippen LogP contribution in [-0.4, -0.2) is 39.0 Å². The highest BCUT2D eigenvalue weighted by molar-refractivity contribution is 5.92. The highest BCUT2D eigenvalue weighted by Gasteiger charge is 2.16. The average molecular weight is 537 g/mol. The third kappa shape index (κ3) is 6.88. The molecule has 0 aliphatic heterocycles.